The molecule has 0 spiro atoms. The van der Waals surface area contributed by atoms with Crippen molar-refractivity contribution in [1.82, 2.24) is 15.1 Å². The Morgan fingerprint density at radius 1 is 1.11 bits per heavy atom. The van der Waals surface area contributed by atoms with Crippen LogP contribution in [0.4, 0.5) is 0 Å². The fourth-order valence-electron chi connectivity index (χ4n) is 4.28. The summed E-state index contributed by atoms with van der Waals surface area (Å²) in [5.41, 5.74) is 10.1. The van der Waals surface area contributed by atoms with Crippen molar-refractivity contribution in [2.24, 2.45) is 5.73 Å². The number of terminal acetylenes is 1. The molecule has 1 aromatic heterocycles. The first-order chi connectivity index (χ1) is 18.4. The number of amides is 1. The van der Waals surface area contributed by atoms with Crippen LogP contribution in [0.2, 0.25) is 0 Å². The summed E-state index contributed by atoms with van der Waals surface area (Å²) in [4.78, 5) is 15.0. The number of aromatic nitrogens is 2. The Hall–Kier alpha value is -4.72. The number of likely N-dealkylation sites (tertiary alicyclic amines) is 1. The fourth-order valence-corrected chi connectivity index (χ4v) is 4.28. The molecular formula is C31H29N5O2. The highest BCUT2D eigenvalue weighted by molar-refractivity contribution is 5.97. The number of aryl methyl sites for hydroxylation is 1. The van der Waals surface area contributed by atoms with E-state index < -0.39 is 6.04 Å². The molecule has 1 saturated heterocycles. The van der Waals surface area contributed by atoms with Crippen molar-refractivity contribution in [2.45, 2.75) is 38.8 Å². The first-order valence-corrected chi connectivity index (χ1v) is 12.4. The second kappa shape index (κ2) is 12.0. The average Bonchev–Trinajstić information content (AvgIpc) is 3.63. The van der Waals surface area contributed by atoms with Gasteiger partial charge in [-0.1, -0.05) is 60.0 Å². The molecule has 190 valence electrons. The second-order valence-electron chi connectivity index (χ2n) is 9.17. The molecule has 1 aliphatic rings. The molecule has 0 saturated carbocycles. The van der Waals surface area contributed by atoms with Crippen LogP contribution in [-0.2, 0) is 0 Å². The molecule has 4 aromatic rings. The van der Waals surface area contributed by atoms with Crippen LogP contribution in [0, 0.1) is 30.6 Å². The topological polar surface area (TPSA) is 109 Å². The highest BCUT2D eigenvalue weighted by atomic mass is 16.4. The van der Waals surface area contributed by atoms with Crippen molar-refractivity contribution >= 4 is 5.91 Å². The van der Waals surface area contributed by atoms with Crippen molar-refractivity contribution in [3.8, 4) is 41.0 Å². The Morgan fingerprint density at radius 2 is 1.82 bits per heavy atom. The SMILES string of the molecule is C#C[C@H]1CCCN1C(=O)c1cc(-c2nnc(C(C)N)o2)cc(-c2ccccc2C#N)c1.Cc1ccccc1. The number of benzene rings is 3. The number of nitriles is 1. The third-order valence-corrected chi connectivity index (χ3v) is 6.26. The van der Waals surface area contributed by atoms with Crippen LogP contribution in [-0.4, -0.2) is 33.6 Å². The van der Waals surface area contributed by atoms with E-state index in [-0.39, 0.29) is 17.8 Å². The van der Waals surface area contributed by atoms with Crippen LogP contribution < -0.4 is 5.73 Å². The molecule has 7 nitrogen and oxygen atoms in total. The van der Waals surface area contributed by atoms with Crippen LogP contribution in [0.5, 0.6) is 0 Å². The van der Waals surface area contributed by atoms with Crippen molar-refractivity contribution in [2.75, 3.05) is 6.54 Å². The third kappa shape index (κ3) is 5.98. The zero-order valence-corrected chi connectivity index (χ0v) is 21.5. The molecule has 2 atom stereocenters. The fraction of sp³-hybridized carbons (Fsp3) is 0.226. The third-order valence-electron chi connectivity index (χ3n) is 6.26. The lowest BCUT2D eigenvalue weighted by molar-refractivity contribution is 0.0766. The Kier molecular flexibility index (Phi) is 8.33. The molecule has 7 heteroatoms. The van der Waals surface area contributed by atoms with E-state index in [9.17, 15) is 10.1 Å². The van der Waals surface area contributed by atoms with Crippen LogP contribution in [0.15, 0.2) is 77.2 Å². The summed E-state index contributed by atoms with van der Waals surface area (Å²) in [6.07, 6.45) is 7.28. The number of carbonyl (C=O) groups is 1. The Labute approximate surface area is 222 Å². The monoisotopic (exact) mass is 503 g/mol. The lowest BCUT2D eigenvalue weighted by Crippen LogP contribution is -2.34. The van der Waals surface area contributed by atoms with Gasteiger partial charge in [0.2, 0.25) is 11.8 Å². The quantitative estimate of drug-likeness (QED) is 0.367. The van der Waals surface area contributed by atoms with Crippen LogP contribution in [0.1, 0.15) is 53.2 Å². The van der Waals surface area contributed by atoms with Gasteiger partial charge in [-0.15, -0.1) is 16.6 Å². The van der Waals surface area contributed by atoms with Gasteiger partial charge in [-0.3, -0.25) is 4.79 Å². The number of nitrogens with two attached hydrogens (primary N) is 1. The van der Waals surface area contributed by atoms with E-state index >= 15 is 0 Å². The molecule has 3 aromatic carbocycles. The van der Waals surface area contributed by atoms with Gasteiger partial charge in [0.05, 0.1) is 23.7 Å². The van der Waals surface area contributed by atoms with Crippen LogP contribution >= 0.6 is 0 Å². The number of carbonyl (C=O) groups excluding carboxylic acids is 1. The van der Waals surface area contributed by atoms with Crippen LogP contribution in [0.3, 0.4) is 0 Å². The number of hydrogen-bond donors (Lipinski definition) is 1. The summed E-state index contributed by atoms with van der Waals surface area (Å²) in [5, 5.41) is 17.6. The minimum absolute atomic E-state index is 0.162. The summed E-state index contributed by atoms with van der Waals surface area (Å²) in [7, 11) is 0. The number of rotatable bonds is 4. The van der Waals surface area contributed by atoms with Gasteiger partial charge >= 0.3 is 0 Å². The first-order valence-electron chi connectivity index (χ1n) is 12.4. The van der Waals surface area contributed by atoms with Crippen molar-refractivity contribution < 1.29 is 9.21 Å². The smallest absolute Gasteiger partial charge is 0.254 e. The maximum Gasteiger partial charge on any atom is 0.254 e. The van der Waals surface area contributed by atoms with E-state index in [2.05, 4.69) is 41.2 Å². The Balaban J connectivity index is 0.000000417. The zero-order valence-electron chi connectivity index (χ0n) is 21.5. The first kappa shape index (κ1) is 26.3. The van der Waals surface area contributed by atoms with E-state index in [1.807, 2.05) is 36.4 Å². The molecule has 2 N–H and O–H groups in total. The maximum atomic E-state index is 13.3. The molecule has 2 heterocycles. The van der Waals surface area contributed by atoms with E-state index in [0.29, 0.717) is 40.3 Å². The highest BCUT2D eigenvalue weighted by Gasteiger charge is 2.29. The molecular weight excluding hydrogens is 474 g/mol. The van der Waals surface area contributed by atoms with Gasteiger partial charge in [-0.2, -0.15) is 5.26 Å². The molecule has 38 heavy (non-hydrogen) atoms. The van der Waals surface area contributed by atoms with Crippen LogP contribution in [0.25, 0.3) is 22.6 Å². The van der Waals surface area contributed by atoms with Gasteiger partial charge in [-0.05, 0) is 62.1 Å². The Morgan fingerprint density at radius 3 is 2.45 bits per heavy atom. The van der Waals surface area contributed by atoms with E-state index in [1.165, 1.54) is 5.56 Å². The van der Waals surface area contributed by atoms with E-state index in [4.69, 9.17) is 16.6 Å². The van der Waals surface area contributed by atoms with Gasteiger partial charge in [-0.25, -0.2) is 0 Å². The van der Waals surface area contributed by atoms with E-state index in [0.717, 1.165) is 12.8 Å². The van der Waals surface area contributed by atoms with Crippen molar-refractivity contribution in [1.29, 1.82) is 5.26 Å². The maximum absolute atomic E-state index is 13.3. The molecule has 5 rings (SSSR count). The summed E-state index contributed by atoms with van der Waals surface area (Å²) in [6.45, 7) is 4.44. The molecule has 1 amide bonds. The summed E-state index contributed by atoms with van der Waals surface area (Å²) >= 11 is 0. The van der Waals surface area contributed by atoms with E-state index in [1.54, 1.807) is 36.1 Å². The predicted molar refractivity (Wildman–Crippen MR) is 147 cm³/mol. The Bertz CT molecular complexity index is 1490. The molecule has 0 radical (unpaired) electrons. The van der Waals surface area contributed by atoms with Gasteiger partial charge in [0.15, 0.2) is 0 Å². The van der Waals surface area contributed by atoms with Crippen molar-refractivity contribution in [3.05, 3.63) is 95.4 Å². The average molecular weight is 504 g/mol. The highest BCUT2D eigenvalue weighted by Crippen LogP contribution is 2.31. The lowest BCUT2D eigenvalue weighted by atomic mass is 9.96. The zero-order chi connectivity index (χ0) is 27.1. The second-order valence-corrected chi connectivity index (χ2v) is 9.17. The minimum Gasteiger partial charge on any atom is -0.419 e. The summed E-state index contributed by atoms with van der Waals surface area (Å²) < 4.78 is 5.71. The number of nitrogens with zero attached hydrogens (tertiary/aromatic N) is 4. The van der Waals surface area contributed by atoms with Gasteiger partial charge in [0, 0.05) is 17.7 Å². The largest absolute Gasteiger partial charge is 0.419 e. The van der Waals surface area contributed by atoms with Crippen molar-refractivity contribution in [3.63, 3.8) is 0 Å². The molecule has 1 unspecified atom stereocenters. The summed E-state index contributed by atoms with van der Waals surface area (Å²) in [5.74, 6) is 3.10. The van der Waals surface area contributed by atoms with Gasteiger partial charge in [0.25, 0.3) is 5.91 Å². The molecule has 1 fully saturated rings. The standard InChI is InChI=1S/C24H21N5O2.C7H8/c1-3-20-8-6-10-29(20)24(30)19-12-17(21-9-5-4-7-16(21)14-25)11-18(13-19)23-28-27-22(31-23)15(2)26;1-7-5-3-2-4-6-7/h1,4-5,7,9,11-13,15,20H,6,8,10,26H2,2H3;2-6H,1H3/t15?,20-;/m0./s1. The lowest BCUT2D eigenvalue weighted by Gasteiger charge is -2.21. The van der Waals surface area contributed by atoms with Gasteiger partial charge < -0.3 is 15.1 Å². The predicted octanol–water partition coefficient (Wildman–Crippen LogP) is 5.53. The van der Waals surface area contributed by atoms with Gasteiger partial charge in [0.1, 0.15) is 0 Å². The molecule has 0 aliphatic carbocycles. The molecule has 0 bridgehead atoms. The summed E-state index contributed by atoms with van der Waals surface area (Å²) in [6, 6.07) is 24.4. The molecule has 1 aliphatic heterocycles. The minimum atomic E-state index is -0.411. The number of hydrogen-bond acceptors (Lipinski definition) is 6. The normalized spacial score (nSPS) is 15.1.